The molecule has 2 heterocycles. The van der Waals surface area contributed by atoms with Crippen molar-refractivity contribution in [3.63, 3.8) is 0 Å². The van der Waals surface area contributed by atoms with Crippen molar-refractivity contribution in [3.05, 3.63) is 53.9 Å². The van der Waals surface area contributed by atoms with Gasteiger partial charge in [-0.1, -0.05) is 35.5 Å². The molecule has 0 spiro atoms. The van der Waals surface area contributed by atoms with Gasteiger partial charge < -0.3 is 9.84 Å². The molecule has 24 heavy (non-hydrogen) atoms. The first-order chi connectivity index (χ1) is 11.6. The van der Waals surface area contributed by atoms with E-state index in [1.165, 1.54) is 0 Å². The number of amides is 2. The first kappa shape index (κ1) is 15.8. The Morgan fingerprint density at radius 3 is 2.79 bits per heavy atom. The second kappa shape index (κ2) is 6.99. The van der Waals surface area contributed by atoms with E-state index in [4.69, 9.17) is 4.52 Å². The van der Waals surface area contributed by atoms with Gasteiger partial charge in [0, 0.05) is 29.8 Å². The molecule has 3 N–H and O–H groups in total. The minimum absolute atomic E-state index is 0.0619. The highest BCUT2D eigenvalue weighted by molar-refractivity contribution is 5.88. The summed E-state index contributed by atoms with van der Waals surface area (Å²) in [5.74, 6) is 0.972. The summed E-state index contributed by atoms with van der Waals surface area (Å²) in [6.45, 7) is 3.86. The predicted octanol–water partition coefficient (Wildman–Crippen LogP) is 3.13. The number of anilines is 1. The number of aryl methyl sites for hydroxylation is 1. The summed E-state index contributed by atoms with van der Waals surface area (Å²) < 4.78 is 5.25. The molecule has 1 atom stereocenters. The van der Waals surface area contributed by atoms with Crippen molar-refractivity contribution in [2.24, 2.45) is 0 Å². The molecule has 7 nitrogen and oxygen atoms in total. The Kier molecular flexibility index (Phi) is 4.60. The van der Waals surface area contributed by atoms with Crippen molar-refractivity contribution in [2.45, 2.75) is 26.3 Å². The molecular formula is C17H19N5O2. The highest BCUT2D eigenvalue weighted by atomic mass is 16.5. The molecule has 0 radical (unpaired) electrons. The number of hydrogen-bond donors (Lipinski definition) is 3. The third-order valence-corrected chi connectivity index (χ3v) is 3.46. The van der Waals surface area contributed by atoms with Gasteiger partial charge in [0.2, 0.25) is 0 Å². The second-order valence-corrected chi connectivity index (χ2v) is 5.69. The first-order valence-electron chi connectivity index (χ1n) is 7.70. The van der Waals surface area contributed by atoms with Crippen LogP contribution < -0.4 is 10.6 Å². The summed E-state index contributed by atoms with van der Waals surface area (Å²) in [6, 6.07) is 12.8. The van der Waals surface area contributed by atoms with Crippen LogP contribution in [-0.4, -0.2) is 27.4 Å². The molecule has 0 aliphatic rings. The van der Waals surface area contributed by atoms with Crippen molar-refractivity contribution < 1.29 is 9.32 Å². The molecule has 0 fully saturated rings. The summed E-state index contributed by atoms with van der Waals surface area (Å²) in [5.41, 5.74) is 2.81. The average molecular weight is 325 g/mol. The van der Waals surface area contributed by atoms with Gasteiger partial charge in [0.25, 0.3) is 0 Å². The number of H-pyrrole nitrogens is 1. The number of carbonyl (C=O) groups excluding carboxylic acids is 1. The van der Waals surface area contributed by atoms with Crippen LogP contribution in [0.4, 0.5) is 10.6 Å². The average Bonchev–Trinajstić information content (AvgIpc) is 3.17. The van der Waals surface area contributed by atoms with Crippen LogP contribution in [-0.2, 0) is 6.42 Å². The zero-order chi connectivity index (χ0) is 16.9. The molecule has 0 bridgehead atoms. The van der Waals surface area contributed by atoms with Gasteiger partial charge in [0.15, 0.2) is 11.6 Å². The number of aromatic nitrogens is 3. The Morgan fingerprint density at radius 2 is 2.08 bits per heavy atom. The molecule has 0 aliphatic carbocycles. The fraction of sp³-hybridized carbons (Fsp3) is 0.235. The number of benzene rings is 1. The molecule has 3 rings (SSSR count). The monoisotopic (exact) mass is 325 g/mol. The third kappa shape index (κ3) is 4.01. The number of urea groups is 1. The molecule has 0 saturated carbocycles. The summed E-state index contributed by atoms with van der Waals surface area (Å²) in [6.07, 6.45) is 0.645. The van der Waals surface area contributed by atoms with Crippen molar-refractivity contribution in [1.82, 2.24) is 20.7 Å². The first-order valence-corrected chi connectivity index (χ1v) is 7.70. The van der Waals surface area contributed by atoms with E-state index in [2.05, 4.69) is 26.0 Å². The molecule has 0 unspecified atom stereocenters. The maximum Gasteiger partial charge on any atom is 0.320 e. The lowest BCUT2D eigenvalue weighted by molar-refractivity contribution is 0.249. The predicted molar refractivity (Wildman–Crippen MR) is 90.6 cm³/mol. The number of rotatable bonds is 5. The number of hydrogen-bond acceptors (Lipinski definition) is 4. The number of nitrogens with one attached hydrogen (secondary N) is 3. The van der Waals surface area contributed by atoms with Gasteiger partial charge >= 0.3 is 6.03 Å². The minimum Gasteiger partial charge on any atom is -0.354 e. The zero-order valence-corrected chi connectivity index (χ0v) is 13.5. The standard InChI is InChI=1S/C17H19N5O2/c1-11(8-14-9-12(2)20-21-14)18-17(23)19-16-10-15(24-22-16)13-6-4-3-5-7-13/h3-7,9-11H,8H2,1-2H3,(H,20,21)(H2,18,19,22,23)/t11-/m1/s1. The second-order valence-electron chi connectivity index (χ2n) is 5.69. The lowest BCUT2D eigenvalue weighted by Gasteiger charge is -2.12. The van der Waals surface area contributed by atoms with Crippen LogP contribution in [0.15, 0.2) is 47.0 Å². The molecule has 2 amide bonds. The molecule has 7 heteroatoms. The normalized spacial score (nSPS) is 11.9. The van der Waals surface area contributed by atoms with Gasteiger partial charge in [-0.2, -0.15) is 5.10 Å². The summed E-state index contributed by atoms with van der Waals surface area (Å²) >= 11 is 0. The van der Waals surface area contributed by atoms with Crippen LogP contribution in [0.3, 0.4) is 0 Å². The number of aromatic amines is 1. The van der Waals surface area contributed by atoms with Crippen molar-refractivity contribution in [2.75, 3.05) is 5.32 Å². The van der Waals surface area contributed by atoms with E-state index in [1.54, 1.807) is 6.07 Å². The molecular weight excluding hydrogens is 306 g/mol. The van der Waals surface area contributed by atoms with Crippen LogP contribution >= 0.6 is 0 Å². The minimum atomic E-state index is -0.331. The maximum absolute atomic E-state index is 12.0. The van der Waals surface area contributed by atoms with Gasteiger partial charge in [0.1, 0.15) is 0 Å². The van der Waals surface area contributed by atoms with E-state index in [9.17, 15) is 4.79 Å². The zero-order valence-electron chi connectivity index (χ0n) is 13.5. The molecule has 3 aromatic rings. The van der Waals surface area contributed by atoms with Crippen molar-refractivity contribution in [3.8, 4) is 11.3 Å². The van der Waals surface area contributed by atoms with E-state index >= 15 is 0 Å². The van der Waals surface area contributed by atoms with Crippen LogP contribution in [0.1, 0.15) is 18.3 Å². The van der Waals surface area contributed by atoms with E-state index in [-0.39, 0.29) is 12.1 Å². The van der Waals surface area contributed by atoms with Crippen LogP contribution in [0.25, 0.3) is 11.3 Å². The van der Waals surface area contributed by atoms with Crippen LogP contribution in [0, 0.1) is 6.92 Å². The highest BCUT2D eigenvalue weighted by Gasteiger charge is 2.12. The Hall–Kier alpha value is -3.09. The number of carbonyl (C=O) groups is 1. The van der Waals surface area contributed by atoms with Crippen molar-refractivity contribution in [1.29, 1.82) is 0 Å². The molecule has 2 aromatic heterocycles. The fourth-order valence-electron chi connectivity index (χ4n) is 2.39. The van der Waals surface area contributed by atoms with Crippen molar-refractivity contribution >= 4 is 11.8 Å². The Bertz CT molecular complexity index is 809. The fourth-order valence-corrected chi connectivity index (χ4v) is 2.39. The third-order valence-electron chi connectivity index (χ3n) is 3.46. The maximum atomic E-state index is 12.0. The van der Waals surface area contributed by atoms with Crippen LogP contribution in [0.2, 0.25) is 0 Å². The van der Waals surface area contributed by atoms with E-state index in [1.807, 2.05) is 50.2 Å². The molecule has 0 aliphatic heterocycles. The topological polar surface area (TPSA) is 95.8 Å². The quantitative estimate of drug-likeness (QED) is 0.671. The summed E-state index contributed by atoms with van der Waals surface area (Å²) in [7, 11) is 0. The van der Waals surface area contributed by atoms with E-state index in [0.29, 0.717) is 18.0 Å². The SMILES string of the molecule is Cc1cc(C[C@@H](C)NC(=O)Nc2cc(-c3ccccc3)on2)n[nH]1. The summed E-state index contributed by atoms with van der Waals surface area (Å²) in [5, 5.41) is 16.4. The lowest BCUT2D eigenvalue weighted by Crippen LogP contribution is -2.37. The van der Waals surface area contributed by atoms with E-state index < -0.39 is 0 Å². The van der Waals surface area contributed by atoms with Gasteiger partial charge in [-0.3, -0.25) is 10.4 Å². The Balaban J connectivity index is 1.54. The van der Waals surface area contributed by atoms with Crippen LogP contribution in [0.5, 0.6) is 0 Å². The van der Waals surface area contributed by atoms with Gasteiger partial charge in [-0.15, -0.1) is 0 Å². The van der Waals surface area contributed by atoms with E-state index in [0.717, 1.165) is 17.0 Å². The largest absolute Gasteiger partial charge is 0.354 e. The summed E-state index contributed by atoms with van der Waals surface area (Å²) in [4.78, 5) is 12.0. The molecule has 1 aromatic carbocycles. The highest BCUT2D eigenvalue weighted by Crippen LogP contribution is 2.21. The molecule has 124 valence electrons. The Labute approximate surface area is 139 Å². The van der Waals surface area contributed by atoms with Gasteiger partial charge in [0.05, 0.1) is 5.69 Å². The molecule has 0 saturated heterocycles. The smallest absolute Gasteiger partial charge is 0.320 e. The Morgan fingerprint density at radius 1 is 1.29 bits per heavy atom. The van der Waals surface area contributed by atoms with Gasteiger partial charge in [-0.25, -0.2) is 4.79 Å². The number of nitrogens with zero attached hydrogens (tertiary/aromatic N) is 2. The lowest BCUT2D eigenvalue weighted by atomic mass is 10.2. The van der Waals surface area contributed by atoms with Gasteiger partial charge in [-0.05, 0) is 19.9 Å².